The molecule has 0 saturated carbocycles. The number of nitrogens with one attached hydrogen (secondary N) is 1. The van der Waals surface area contributed by atoms with Gasteiger partial charge in [0.15, 0.2) is 0 Å². The number of aryl methyl sites for hydroxylation is 2. The zero-order valence-electron chi connectivity index (χ0n) is 27.1. The predicted octanol–water partition coefficient (Wildman–Crippen LogP) is 7.61. The molecule has 0 bridgehead atoms. The Balaban J connectivity index is 1.85. The van der Waals surface area contributed by atoms with Crippen molar-refractivity contribution >= 4 is 50.7 Å². The number of hydrogen-bond acceptors (Lipinski definition) is 4. The van der Waals surface area contributed by atoms with Crippen LogP contribution in [0.3, 0.4) is 0 Å². The first-order valence-corrected chi connectivity index (χ1v) is 17.9. The Bertz CT molecular complexity index is 1780. The van der Waals surface area contributed by atoms with Crippen molar-refractivity contribution in [2.45, 2.75) is 70.5 Å². The molecular formula is C37H41Cl2N3O4S. The second-order valence-corrected chi connectivity index (χ2v) is 14.3. The minimum absolute atomic E-state index is 0.0475. The van der Waals surface area contributed by atoms with Crippen LogP contribution in [0.2, 0.25) is 10.0 Å². The van der Waals surface area contributed by atoms with Crippen LogP contribution in [0.5, 0.6) is 0 Å². The molecule has 2 atom stereocenters. The summed E-state index contributed by atoms with van der Waals surface area (Å²) in [7, 11) is -4.20. The maximum absolute atomic E-state index is 14.7. The molecule has 0 aromatic heterocycles. The average Bonchev–Trinajstić information content (AvgIpc) is 3.06. The Morgan fingerprint density at radius 3 is 2.15 bits per heavy atom. The summed E-state index contributed by atoms with van der Waals surface area (Å²) in [6.45, 7) is 7.08. The third-order valence-corrected chi connectivity index (χ3v) is 10.5. The van der Waals surface area contributed by atoms with Gasteiger partial charge in [0.1, 0.15) is 12.6 Å². The number of carbonyl (C=O) groups is 2. The van der Waals surface area contributed by atoms with Gasteiger partial charge in [-0.3, -0.25) is 13.9 Å². The number of amides is 2. The van der Waals surface area contributed by atoms with Crippen molar-refractivity contribution in [3.63, 3.8) is 0 Å². The molecule has 4 rings (SSSR count). The van der Waals surface area contributed by atoms with Crippen molar-refractivity contribution in [2.75, 3.05) is 10.8 Å². The van der Waals surface area contributed by atoms with Crippen LogP contribution in [0.15, 0.2) is 102 Å². The summed E-state index contributed by atoms with van der Waals surface area (Å²) in [5.74, 6) is -0.901. The van der Waals surface area contributed by atoms with Gasteiger partial charge in [-0.1, -0.05) is 109 Å². The highest BCUT2D eigenvalue weighted by Crippen LogP contribution is 2.29. The molecule has 4 aromatic carbocycles. The molecule has 47 heavy (non-hydrogen) atoms. The fourth-order valence-corrected chi connectivity index (χ4v) is 7.15. The van der Waals surface area contributed by atoms with Gasteiger partial charge in [0.25, 0.3) is 10.0 Å². The van der Waals surface area contributed by atoms with E-state index in [4.69, 9.17) is 23.2 Å². The van der Waals surface area contributed by atoms with E-state index in [-0.39, 0.29) is 29.8 Å². The zero-order valence-corrected chi connectivity index (χ0v) is 29.4. The molecule has 0 radical (unpaired) electrons. The van der Waals surface area contributed by atoms with Crippen LogP contribution in [0.4, 0.5) is 5.69 Å². The van der Waals surface area contributed by atoms with Crippen molar-refractivity contribution in [1.29, 1.82) is 0 Å². The van der Waals surface area contributed by atoms with Crippen molar-refractivity contribution in [3.8, 4) is 0 Å². The van der Waals surface area contributed by atoms with Gasteiger partial charge < -0.3 is 10.2 Å². The van der Waals surface area contributed by atoms with E-state index in [1.165, 1.54) is 4.90 Å². The van der Waals surface area contributed by atoms with E-state index in [0.717, 1.165) is 21.0 Å². The van der Waals surface area contributed by atoms with E-state index >= 15 is 0 Å². The van der Waals surface area contributed by atoms with Gasteiger partial charge in [-0.15, -0.1) is 0 Å². The number of carbonyl (C=O) groups excluding carboxylic acids is 2. The molecule has 248 valence electrons. The smallest absolute Gasteiger partial charge is 0.264 e. The molecule has 0 aliphatic rings. The lowest BCUT2D eigenvalue weighted by Gasteiger charge is -2.35. The van der Waals surface area contributed by atoms with E-state index in [9.17, 15) is 18.0 Å². The Morgan fingerprint density at radius 2 is 1.51 bits per heavy atom. The maximum atomic E-state index is 14.7. The minimum atomic E-state index is -4.20. The molecule has 4 aromatic rings. The highest BCUT2D eigenvalue weighted by Gasteiger charge is 2.35. The van der Waals surface area contributed by atoms with Gasteiger partial charge in [-0.05, 0) is 73.7 Å². The van der Waals surface area contributed by atoms with E-state index in [1.54, 1.807) is 54.6 Å². The average molecular weight is 695 g/mol. The van der Waals surface area contributed by atoms with Gasteiger partial charge in [0, 0.05) is 29.1 Å². The van der Waals surface area contributed by atoms with Gasteiger partial charge in [-0.2, -0.15) is 0 Å². The number of rotatable bonds is 14. The molecule has 0 spiro atoms. The number of hydrogen-bond donors (Lipinski definition) is 1. The quantitative estimate of drug-likeness (QED) is 0.147. The van der Waals surface area contributed by atoms with Crippen LogP contribution in [-0.4, -0.2) is 43.8 Å². The molecule has 0 unspecified atom stereocenters. The largest absolute Gasteiger partial charge is 0.352 e. The van der Waals surface area contributed by atoms with Gasteiger partial charge in [0.2, 0.25) is 11.8 Å². The summed E-state index contributed by atoms with van der Waals surface area (Å²) in [6, 6.07) is 26.9. The molecule has 0 fully saturated rings. The standard InChI is InChI=1S/C37H41Cl2N3O4S/c1-5-27(4)40-37(44)35(22-28-12-8-7-9-13-28)41(24-30-18-19-31(38)23-33(30)39)36(43)25-42(34-15-11-10-14-29(34)6-2)47(45,46)32-20-16-26(3)17-21-32/h7-21,23,27,35H,5-6,22,24-25H2,1-4H3,(H,40,44)/t27-,35-/m0/s1. The Kier molecular flexibility index (Phi) is 12.5. The van der Waals surface area contributed by atoms with Crippen molar-refractivity contribution in [3.05, 3.63) is 129 Å². The summed E-state index contributed by atoms with van der Waals surface area (Å²) in [5.41, 5.74) is 3.48. The van der Waals surface area contributed by atoms with Crippen molar-refractivity contribution < 1.29 is 18.0 Å². The zero-order chi connectivity index (χ0) is 34.1. The Labute approximate surface area is 288 Å². The highest BCUT2D eigenvalue weighted by atomic mass is 35.5. The first kappa shape index (κ1) is 36.0. The summed E-state index contributed by atoms with van der Waals surface area (Å²) in [6.07, 6.45) is 1.44. The molecule has 2 amide bonds. The Hall–Kier alpha value is -3.85. The number of sulfonamides is 1. The molecular weight excluding hydrogens is 653 g/mol. The van der Waals surface area contributed by atoms with E-state index in [0.29, 0.717) is 34.1 Å². The molecule has 7 nitrogen and oxygen atoms in total. The lowest BCUT2D eigenvalue weighted by molar-refractivity contribution is -0.140. The number of benzene rings is 4. The summed E-state index contributed by atoms with van der Waals surface area (Å²) < 4.78 is 29.8. The second-order valence-electron chi connectivity index (χ2n) is 11.6. The van der Waals surface area contributed by atoms with E-state index < -0.39 is 28.5 Å². The third kappa shape index (κ3) is 9.15. The maximum Gasteiger partial charge on any atom is 0.264 e. The van der Waals surface area contributed by atoms with Crippen LogP contribution in [0, 0.1) is 6.92 Å². The van der Waals surface area contributed by atoms with Crippen LogP contribution < -0.4 is 9.62 Å². The highest BCUT2D eigenvalue weighted by molar-refractivity contribution is 7.92. The normalized spacial score (nSPS) is 12.6. The monoisotopic (exact) mass is 693 g/mol. The second kappa shape index (κ2) is 16.3. The van der Waals surface area contributed by atoms with Crippen LogP contribution in [-0.2, 0) is 39.0 Å². The summed E-state index contributed by atoms with van der Waals surface area (Å²) in [5, 5.41) is 3.80. The van der Waals surface area contributed by atoms with Crippen molar-refractivity contribution in [2.24, 2.45) is 0 Å². The topological polar surface area (TPSA) is 86.8 Å². The first-order valence-electron chi connectivity index (χ1n) is 15.7. The van der Waals surface area contributed by atoms with Crippen LogP contribution in [0.25, 0.3) is 0 Å². The molecule has 1 N–H and O–H groups in total. The fourth-order valence-electron chi connectivity index (χ4n) is 5.23. The number of halogens is 2. The fraction of sp³-hybridized carbons (Fsp3) is 0.297. The molecule has 10 heteroatoms. The van der Waals surface area contributed by atoms with Crippen LogP contribution >= 0.6 is 23.2 Å². The SMILES string of the molecule is CCc1ccccc1N(CC(=O)N(Cc1ccc(Cl)cc1Cl)[C@@H](Cc1ccccc1)C(=O)N[C@@H](C)CC)S(=O)(=O)c1ccc(C)cc1. The molecule has 0 aliphatic heterocycles. The summed E-state index contributed by atoms with van der Waals surface area (Å²) in [4.78, 5) is 30.2. The van der Waals surface area contributed by atoms with Gasteiger partial charge >= 0.3 is 0 Å². The number of anilines is 1. The van der Waals surface area contributed by atoms with Gasteiger partial charge in [-0.25, -0.2) is 8.42 Å². The minimum Gasteiger partial charge on any atom is -0.352 e. The van der Waals surface area contributed by atoms with Crippen LogP contribution in [0.1, 0.15) is 49.4 Å². The number of para-hydroxylation sites is 1. The van der Waals surface area contributed by atoms with E-state index in [2.05, 4.69) is 5.32 Å². The lowest BCUT2D eigenvalue weighted by atomic mass is 10.0. The number of nitrogens with zero attached hydrogens (tertiary/aromatic N) is 2. The van der Waals surface area contributed by atoms with Gasteiger partial charge in [0.05, 0.1) is 10.6 Å². The lowest BCUT2D eigenvalue weighted by Crippen LogP contribution is -2.54. The third-order valence-electron chi connectivity index (χ3n) is 8.16. The summed E-state index contributed by atoms with van der Waals surface area (Å²) >= 11 is 12.8. The first-order chi connectivity index (χ1) is 22.4. The predicted molar refractivity (Wildman–Crippen MR) is 190 cm³/mol. The Morgan fingerprint density at radius 1 is 0.851 bits per heavy atom. The molecule has 0 saturated heterocycles. The van der Waals surface area contributed by atoms with E-state index in [1.807, 2.05) is 70.2 Å². The van der Waals surface area contributed by atoms with Crippen molar-refractivity contribution in [1.82, 2.24) is 10.2 Å². The molecule has 0 heterocycles. The molecule has 0 aliphatic carbocycles.